The second-order valence-electron chi connectivity index (χ2n) is 3.84. The minimum absolute atomic E-state index is 0.00310. The van der Waals surface area contributed by atoms with Crippen molar-refractivity contribution in [2.75, 3.05) is 17.9 Å². The molecule has 0 unspecified atom stereocenters. The third-order valence-electron chi connectivity index (χ3n) is 2.04. The summed E-state index contributed by atoms with van der Waals surface area (Å²) in [5.74, 6) is 0.438. The third kappa shape index (κ3) is 6.07. The summed E-state index contributed by atoms with van der Waals surface area (Å²) in [5, 5.41) is 7.02. The first-order valence-corrected chi connectivity index (χ1v) is 7.24. The molecule has 0 saturated carbocycles. The molecule has 7 nitrogen and oxygen atoms in total. The first kappa shape index (κ1) is 15.3. The van der Waals surface area contributed by atoms with Gasteiger partial charge in [-0.2, -0.15) is 13.1 Å². The summed E-state index contributed by atoms with van der Waals surface area (Å²) in [7, 11) is -3.53. The number of rotatable bonds is 8. The number of ether oxygens (including phenoxy) is 1. The molecule has 0 aliphatic rings. The van der Waals surface area contributed by atoms with Crippen molar-refractivity contribution in [3.05, 3.63) is 24.3 Å². The number of nitrogens with two attached hydrogens (primary N) is 1. The molecule has 19 heavy (non-hydrogen) atoms. The molecule has 1 aromatic rings. The number of nitrogens with one attached hydrogen (secondary N) is 3. The van der Waals surface area contributed by atoms with Gasteiger partial charge in [0.2, 0.25) is 0 Å². The van der Waals surface area contributed by atoms with Crippen LogP contribution in [0.15, 0.2) is 24.3 Å². The zero-order valence-electron chi connectivity index (χ0n) is 10.6. The van der Waals surface area contributed by atoms with Crippen LogP contribution in [0.5, 0.6) is 5.75 Å². The van der Waals surface area contributed by atoms with Crippen LogP contribution >= 0.6 is 0 Å². The highest BCUT2D eigenvalue weighted by atomic mass is 32.2. The Balaban J connectivity index is 2.59. The number of amidine groups is 1. The fourth-order valence-corrected chi connectivity index (χ4v) is 2.20. The molecule has 8 heteroatoms. The lowest BCUT2D eigenvalue weighted by Crippen LogP contribution is -2.30. The number of hydrogen-bond donors (Lipinski definition) is 4. The topological polar surface area (TPSA) is 117 Å². The summed E-state index contributed by atoms with van der Waals surface area (Å²) in [4.78, 5) is 0. The fourth-order valence-electron chi connectivity index (χ4n) is 1.21. The van der Waals surface area contributed by atoms with Crippen molar-refractivity contribution >= 4 is 21.7 Å². The van der Waals surface area contributed by atoms with Gasteiger partial charge in [0.25, 0.3) is 10.2 Å². The minimum Gasteiger partial charge on any atom is -0.486 e. The van der Waals surface area contributed by atoms with Gasteiger partial charge in [-0.1, -0.05) is 6.92 Å². The Morgan fingerprint density at radius 1 is 1.37 bits per heavy atom. The summed E-state index contributed by atoms with van der Waals surface area (Å²) in [6.07, 6.45) is 0.721. The summed E-state index contributed by atoms with van der Waals surface area (Å²) >= 11 is 0. The van der Waals surface area contributed by atoms with E-state index in [0.717, 1.165) is 6.42 Å². The normalized spacial score (nSPS) is 11.0. The van der Waals surface area contributed by atoms with E-state index in [1.165, 1.54) is 0 Å². The van der Waals surface area contributed by atoms with Crippen LogP contribution in [-0.4, -0.2) is 27.4 Å². The van der Waals surface area contributed by atoms with Crippen LogP contribution in [0.25, 0.3) is 0 Å². The van der Waals surface area contributed by atoms with Gasteiger partial charge in [0.1, 0.15) is 18.2 Å². The largest absolute Gasteiger partial charge is 0.486 e. The number of anilines is 1. The molecule has 0 amide bonds. The van der Waals surface area contributed by atoms with Crippen LogP contribution in [0.3, 0.4) is 0 Å². The molecule has 1 rings (SSSR count). The summed E-state index contributed by atoms with van der Waals surface area (Å²) < 4.78 is 33.1. The van der Waals surface area contributed by atoms with Crippen molar-refractivity contribution in [2.24, 2.45) is 5.73 Å². The summed E-state index contributed by atoms with van der Waals surface area (Å²) in [6, 6.07) is 6.34. The van der Waals surface area contributed by atoms with Gasteiger partial charge < -0.3 is 10.5 Å². The Labute approximate surface area is 112 Å². The van der Waals surface area contributed by atoms with Crippen molar-refractivity contribution in [2.45, 2.75) is 13.3 Å². The average molecular weight is 286 g/mol. The van der Waals surface area contributed by atoms with E-state index < -0.39 is 10.2 Å². The second kappa shape index (κ2) is 6.95. The first-order valence-electron chi connectivity index (χ1n) is 5.76. The van der Waals surface area contributed by atoms with Gasteiger partial charge in [0, 0.05) is 12.2 Å². The van der Waals surface area contributed by atoms with Gasteiger partial charge in [-0.15, -0.1) is 0 Å². The van der Waals surface area contributed by atoms with Gasteiger partial charge in [-0.05, 0) is 30.7 Å². The molecule has 0 radical (unpaired) electrons. The van der Waals surface area contributed by atoms with E-state index in [1.807, 2.05) is 6.92 Å². The first-order chi connectivity index (χ1) is 8.93. The SMILES string of the molecule is CCCNS(=O)(=O)Nc1ccc(OCC(=N)N)cc1. The van der Waals surface area contributed by atoms with Gasteiger partial charge in [0.15, 0.2) is 0 Å². The van der Waals surface area contributed by atoms with Crippen LogP contribution in [0, 0.1) is 5.41 Å². The van der Waals surface area contributed by atoms with Crippen molar-refractivity contribution in [3.63, 3.8) is 0 Å². The molecule has 0 aromatic heterocycles. The van der Waals surface area contributed by atoms with Gasteiger partial charge in [-0.25, -0.2) is 0 Å². The Morgan fingerprint density at radius 2 is 2.00 bits per heavy atom. The Bertz CT molecular complexity index is 513. The minimum atomic E-state index is -3.53. The Kier molecular flexibility index (Phi) is 5.58. The molecule has 0 spiro atoms. The molecule has 0 aliphatic carbocycles. The molecule has 1 aromatic carbocycles. The van der Waals surface area contributed by atoms with E-state index in [9.17, 15) is 8.42 Å². The fraction of sp³-hybridized carbons (Fsp3) is 0.364. The molecule has 0 saturated heterocycles. The molecule has 0 aliphatic heterocycles. The van der Waals surface area contributed by atoms with Gasteiger partial charge in [-0.3, -0.25) is 10.1 Å². The maximum atomic E-state index is 11.6. The molecule has 0 fully saturated rings. The Morgan fingerprint density at radius 3 is 2.53 bits per heavy atom. The van der Waals surface area contributed by atoms with E-state index in [4.69, 9.17) is 15.9 Å². The maximum Gasteiger partial charge on any atom is 0.299 e. The second-order valence-corrected chi connectivity index (χ2v) is 5.34. The zero-order chi connectivity index (χ0) is 14.3. The monoisotopic (exact) mass is 286 g/mol. The molecule has 0 atom stereocenters. The highest BCUT2D eigenvalue weighted by molar-refractivity contribution is 7.90. The summed E-state index contributed by atoms with van der Waals surface area (Å²) in [5.41, 5.74) is 5.59. The standard InChI is InChI=1S/C11H18N4O3S/c1-2-7-14-19(16,17)15-9-3-5-10(6-4-9)18-8-11(12)13/h3-6,14-15H,2,7-8H2,1H3,(H3,12,13). The van der Waals surface area contributed by atoms with Gasteiger partial charge in [0.05, 0.1) is 0 Å². The van der Waals surface area contributed by atoms with Crippen LogP contribution < -0.4 is 19.9 Å². The highest BCUT2D eigenvalue weighted by Crippen LogP contribution is 2.16. The lowest BCUT2D eigenvalue weighted by molar-refractivity contribution is 0.374. The lowest BCUT2D eigenvalue weighted by atomic mass is 10.3. The van der Waals surface area contributed by atoms with E-state index in [2.05, 4.69) is 9.44 Å². The maximum absolute atomic E-state index is 11.6. The van der Waals surface area contributed by atoms with E-state index >= 15 is 0 Å². The molecular formula is C11H18N4O3S. The van der Waals surface area contributed by atoms with Crippen molar-refractivity contribution < 1.29 is 13.2 Å². The highest BCUT2D eigenvalue weighted by Gasteiger charge is 2.08. The smallest absolute Gasteiger partial charge is 0.299 e. The van der Waals surface area contributed by atoms with E-state index in [-0.39, 0.29) is 12.4 Å². The lowest BCUT2D eigenvalue weighted by Gasteiger charge is -2.09. The number of hydrogen-bond acceptors (Lipinski definition) is 4. The van der Waals surface area contributed by atoms with Crippen LogP contribution in [0.1, 0.15) is 13.3 Å². The molecule has 5 N–H and O–H groups in total. The van der Waals surface area contributed by atoms with Crippen molar-refractivity contribution in [1.29, 1.82) is 5.41 Å². The third-order valence-corrected chi connectivity index (χ3v) is 3.13. The van der Waals surface area contributed by atoms with Crippen LogP contribution in [0.2, 0.25) is 0 Å². The quantitative estimate of drug-likeness (QED) is 0.414. The Hall–Kier alpha value is -1.80. The van der Waals surface area contributed by atoms with Crippen LogP contribution in [-0.2, 0) is 10.2 Å². The van der Waals surface area contributed by atoms with Gasteiger partial charge >= 0.3 is 0 Å². The van der Waals surface area contributed by atoms with Crippen molar-refractivity contribution in [1.82, 2.24) is 4.72 Å². The van der Waals surface area contributed by atoms with Crippen molar-refractivity contribution in [3.8, 4) is 5.75 Å². The van der Waals surface area contributed by atoms with E-state index in [0.29, 0.717) is 18.0 Å². The summed E-state index contributed by atoms with van der Waals surface area (Å²) in [6.45, 7) is 2.27. The van der Waals surface area contributed by atoms with E-state index in [1.54, 1.807) is 24.3 Å². The molecule has 106 valence electrons. The molecule has 0 bridgehead atoms. The predicted octanol–water partition coefficient (Wildman–Crippen LogP) is 0.658. The predicted molar refractivity (Wildman–Crippen MR) is 74.7 cm³/mol. The molecule has 0 heterocycles. The average Bonchev–Trinajstić information content (AvgIpc) is 2.35. The number of benzene rings is 1. The zero-order valence-corrected chi connectivity index (χ0v) is 11.5. The van der Waals surface area contributed by atoms with Crippen LogP contribution in [0.4, 0.5) is 5.69 Å². The molecular weight excluding hydrogens is 268 g/mol.